The number of nitrogens with zero attached hydrogens (tertiary/aromatic N) is 3. The highest BCUT2D eigenvalue weighted by Crippen LogP contribution is 2.28. The minimum atomic E-state index is -1.01. The van der Waals surface area contributed by atoms with E-state index in [1.54, 1.807) is 18.3 Å². The summed E-state index contributed by atoms with van der Waals surface area (Å²) < 4.78 is 1.01. The lowest BCUT2D eigenvalue weighted by molar-refractivity contribution is -0.134. The van der Waals surface area contributed by atoms with Crippen molar-refractivity contribution in [2.24, 2.45) is 0 Å². The highest BCUT2D eigenvalue weighted by molar-refractivity contribution is 14.1. The molecule has 0 aliphatic carbocycles. The molecule has 132 valence electrons. The van der Waals surface area contributed by atoms with Crippen LogP contribution in [0.15, 0.2) is 48.7 Å². The molecule has 0 aliphatic heterocycles. The minimum Gasteiger partial charge on any atom is -0.480 e. The van der Waals surface area contributed by atoms with E-state index in [-0.39, 0.29) is 12.5 Å². The second kappa shape index (κ2) is 8.28. The highest BCUT2D eigenvalue weighted by atomic mass is 127. The van der Waals surface area contributed by atoms with E-state index in [9.17, 15) is 4.79 Å². The Labute approximate surface area is 168 Å². The van der Waals surface area contributed by atoms with Crippen LogP contribution in [0.2, 0.25) is 5.02 Å². The van der Waals surface area contributed by atoms with Crippen molar-refractivity contribution >= 4 is 57.6 Å². The maximum absolute atomic E-state index is 10.8. The van der Waals surface area contributed by atoms with Crippen LogP contribution in [0.4, 0.5) is 17.5 Å². The van der Waals surface area contributed by atoms with Gasteiger partial charge >= 0.3 is 5.97 Å². The first-order valence-corrected chi connectivity index (χ1v) is 8.95. The van der Waals surface area contributed by atoms with Gasteiger partial charge < -0.3 is 15.7 Å². The predicted molar refractivity (Wildman–Crippen MR) is 109 cm³/mol. The van der Waals surface area contributed by atoms with Crippen LogP contribution in [0.25, 0.3) is 11.4 Å². The molecule has 0 aliphatic rings. The van der Waals surface area contributed by atoms with Crippen LogP contribution in [-0.2, 0) is 4.79 Å². The number of carboxylic acid groups (broad SMARTS) is 1. The molecule has 0 amide bonds. The maximum atomic E-state index is 10.8. The lowest BCUT2D eigenvalue weighted by Crippen LogP contribution is -2.15. The van der Waals surface area contributed by atoms with Gasteiger partial charge in [-0.1, -0.05) is 17.7 Å². The largest absolute Gasteiger partial charge is 0.480 e. The molecule has 0 saturated carbocycles. The second-order valence-corrected chi connectivity index (χ2v) is 6.83. The van der Waals surface area contributed by atoms with Crippen molar-refractivity contribution in [1.82, 2.24) is 15.0 Å². The monoisotopic (exact) mass is 481 g/mol. The van der Waals surface area contributed by atoms with Crippen LogP contribution in [0, 0.1) is 3.57 Å². The molecule has 2 aromatic heterocycles. The number of aliphatic carboxylic acids is 1. The summed E-state index contributed by atoms with van der Waals surface area (Å²) in [5, 5.41) is 15.2. The number of benzene rings is 1. The van der Waals surface area contributed by atoms with E-state index in [0.29, 0.717) is 27.9 Å². The van der Waals surface area contributed by atoms with Gasteiger partial charge in [0.2, 0.25) is 5.95 Å². The second-order valence-electron chi connectivity index (χ2n) is 5.17. The third-order valence-corrected chi connectivity index (χ3v) is 4.23. The number of hydrogen-bond donors (Lipinski definition) is 3. The van der Waals surface area contributed by atoms with Gasteiger partial charge in [-0.15, -0.1) is 0 Å². The van der Waals surface area contributed by atoms with Crippen LogP contribution in [0.5, 0.6) is 0 Å². The summed E-state index contributed by atoms with van der Waals surface area (Å²) in [6.45, 7) is -0.296. The summed E-state index contributed by atoms with van der Waals surface area (Å²) >= 11 is 8.44. The van der Waals surface area contributed by atoms with E-state index in [2.05, 4.69) is 48.2 Å². The zero-order valence-corrected chi connectivity index (χ0v) is 16.2. The molecule has 3 rings (SSSR count). The Bertz CT molecular complexity index is 940. The van der Waals surface area contributed by atoms with Crippen LogP contribution >= 0.6 is 34.2 Å². The number of anilines is 3. The standard InChI is InChI=1S/C17H13ClIN5O2/c18-11-7-10(19)4-5-12(11)22-15-8-14(13-3-1-2-6-20-13)23-17(24-15)21-9-16(25)26/h1-8H,9H2,(H,25,26)(H2,21,22,23,24). The number of nitrogens with one attached hydrogen (secondary N) is 2. The molecular weight excluding hydrogens is 469 g/mol. The van der Waals surface area contributed by atoms with Crippen LogP contribution < -0.4 is 10.6 Å². The minimum absolute atomic E-state index is 0.180. The quantitative estimate of drug-likeness (QED) is 0.457. The van der Waals surface area contributed by atoms with Gasteiger partial charge in [-0.2, -0.15) is 4.98 Å². The van der Waals surface area contributed by atoms with Gasteiger partial charge in [0.25, 0.3) is 0 Å². The van der Waals surface area contributed by atoms with Crippen molar-refractivity contribution in [3.05, 3.63) is 57.3 Å². The number of halogens is 2. The van der Waals surface area contributed by atoms with Crippen molar-refractivity contribution in [3.63, 3.8) is 0 Å². The first-order valence-electron chi connectivity index (χ1n) is 7.49. The highest BCUT2D eigenvalue weighted by Gasteiger charge is 2.10. The van der Waals surface area contributed by atoms with E-state index in [0.717, 1.165) is 3.57 Å². The van der Waals surface area contributed by atoms with Crippen molar-refractivity contribution in [1.29, 1.82) is 0 Å². The van der Waals surface area contributed by atoms with Gasteiger partial charge in [0.15, 0.2) is 0 Å². The number of aromatic nitrogens is 3. The third kappa shape index (κ3) is 4.79. The van der Waals surface area contributed by atoms with Crippen molar-refractivity contribution < 1.29 is 9.90 Å². The van der Waals surface area contributed by atoms with Crippen molar-refractivity contribution in [2.75, 3.05) is 17.2 Å². The van der Waals surface area contributed by atoms with E-state index in [1.807, 2.05) is 30.3 Å². The summed E-state index contributed by atoms with van der Waals surface area (Å²) in [4.78, 5) is 23.7. The van der Waals surface area contributed by atoms with Gasteiger partial charge in [-0.3, -0.25) is 9.78 Å². The van der Waals surface area contributed by atoms with Gasteiger partial charge in [-0.05, 0) is 52.9 Å². The first-order chi connectivity index (χ1) is 12.5. The molecule has 0 radical (unpaired) electrons. The van der Waals surface area contributed by atoms with Crippen molar-refractivity contribution in [2.45, 2.75) is 0 Å². The Balaban J connectivity index is 1.97. The summed E-state index contributed by atoms with van der Waals surface area (Å²) in [6, 6.07) is 12.8. The SMILES string of the molecule is O=C(O)CNc1nc(Nc2ccc(I)cc2Cl)cc(-c2ccccn2)n1. The molecule has 0 fully saturated rings. The number of rotatable bonds is 6. The molecule has 0 spiro atoms. The topological polar surface area (TPSA) is 100 Å². The number of carboxylic acids is 1. The van der Waals surface area contributed by atoms with Crippen LogP contribution in [-0.4, -0.2) is 32.6 Å². The average Bonchev–Trinajstić information content (AvgIpc) is 2.63. The normalized spacial score (nSPS) is 10.4. The van der Waals surface area contributed by atoms with Gasteiger partial charge in [-0.25, -0.2) is 4.98 Å². The molecule has 1 aromatic carbocycles. The Kier molecular flexibility index (Phi) is 5.84. The Morgan fingerprint density at radius 1 is 1.15 bits per heavy atom. The van der Waals surface area contributed by atoms with E-state index >= 15 is 0 Å². The number of pyridine rings is 1. The molecule has 0 saturated heterocycles. The van der Waals surface area contributed by atoms with Gasteiger partial charge in [0.1, 0.15) is 12.4 Å². The molecular formula is C17H13ClIN5O2. The lowest BCUT2D eigenvalue weighted by atomic mass is 10.2. The molecule has 3 N–H and O–H groups in total. The molecule has 3 aromatic rings. The third-order valence-electron chi connectivity index (χ3n) is 3.25. The zero-order valence-electron chi connectivity index (χ0n) is 13.3. The summed E-state index contributed by atoms with van der Waals surface area (Å²) in [5.41, 5.74) is 1.88. The van der Waals surface area contributed by atoms with Crippen LogP contribution in [0.3, 0.4) is 0 Å². The summed E-state index contributed by atoms with van der Waals surface area (Å²) in [7, 11) is 0. The average molecular weight is 482 g/mol. The van der Waals surface area contributed by atoms with E-state index in [4.69, 9.17) is 16.7 Å². The molecule has 0 unspecified atom stereocenters. The fourth-order valence-corrected chi connectivity index (χ4v) is 3.02. The Hall–Kier alpha value is -2.46. The van der Waals surface area contributed by atoms with E-state index < -0.39 is 5.97 Å². The lowest BCUT2D eigenvalue weighted by Gasteiger charge is -2.11. The predicted octanol–water partition coefficient (Wildman–Crippen LogP) is 4.04. The summed E-state index contributed by atoms with van der Waals surface area (Å²) in [6.07, 6.45) is 1.66. The molecule has 0 bridgehead atoms. The summed E-state index contributed by atoms with van der Waals surface area (Å²) in [5.74, 6) is -0.358. The molecule has 26 heavy (non-hydrogen) atoms. The smallest absolute Gasteiger partial charge is 0.322 e. The maximum Gasteiger partial charge on any atom is 0.322 e. The molecule has 0 atom stereocenters. The zero-order chi connectivity index (χ0) is 18.5. The number of hydrogen-bond acceptors (Lipinski definition) is 6. The fourth-order valence-electron chi connectivity index (χ4n) is 2.12. The van der Waals surface area contributed by atoms with Crippen LogP contribution in [0.1, 0.15) is 0 Å². The first kappa shape index (κ1) is 18.3. The molecule has 7 nitrogen and oxygen atoms in total. The Morgan fingerprint density at radius 2 is 2.00 bits per heavy atom. The number of carbonyl (C=O) groups is 1. The van der Waals surface area contributed by atoms with E-state index in [1.165, 1.54) is 0 Å². The molecule has 9 heteroatoms. The fraction of sp³-hybridized carbons (Fsp3) is 0.0588. The molecule has 2 heterocycles. The van der Waals surface area contributed by atoms with Crippen molar-refractivity contribution in [3.8, 4) is 11.4 Å². The van der Waals surface area contributed by atoms with Gasteiger partial charge in [0, 0.05) is 15.8 Å². The Morgan fingerprint density at radius 3 is 2.69 bits per heavy atom. The van der Waals surface area contributed by atoms with Gasteiger partial charge in [0.05, 0.1) is 22.1 Å².